The summed E-state index contributed by atoms with van der Waals surface area (Å²) in [5, 5.41) is 3.02. The third-order valence-electron chi connectivity index (χ3n) is 6.97. The first-order chi connectivity index (χ1) is 18.5. The average Bonchev–Trinajstić information content (AvgIpc) is 3.05. The Kier molecular flexibility index (Phi) is 16.6. The molecule has 0 bridgehead atoms. The topological polar surface area (TPSA) is 92.5 Å². The van der Waals surface area contributed by atoms with Crippen molar-refractivity contribution in [3.05, 3.63) is 72.3 Å². The molecule has 3 atom stereocenters. The van der Waals surface area contributed by atoms with Crippen LogP contribution in [0.3, 0.4) is 0 Å². The molecule has 0 spiro atoms. The van der Waals surface area contributed by atoms with E-state index >= 15 is 0 Å². The molecule has 1 aliphatic rings. The smallest absolute Gasteiger partial charge is 0.244 e. The Bertz CT molecular complexity index is 982. The number of amides is 3. The molecule has 1 heterocycles. The summed E-state index contributed by atoms with van der Waals surface area (Å²) in [4.78, 5) is 40.9. The number of nitrogens with one attached hydrogen (secondary N) is 1. The predicted octanol–water partition coefficient (Wildman–Crippen LogP) is 5.56. The zero-order valence-electron chi connectivity index (χ0n) is 25.0. The van der Waals surface area contributed by atoms with E-state index in [-0.39, 0.29) is 55.9 Å². The molecule has 3 N–H and O–H groups in total. The molecular weight excluding hydrogens is 575 g/mol. The molecule has 6 nitrogen and oxygen atoms in total. The molecule has 40 heavy (non-hydrogen) atoms. The van der Waals surface area contributed by atoms with Gasteiger partial charge in [-0.05, 0) is 49.9 Å². The molecule has 3 amide bonds. The number of carbonyl (C=O) groups excluding carboxylic acids is 3. The van der Waals surface area contributed by atoms with Crippen LogP contribution in [0.4, 0.5) is 0 Å². The molecule has 2 aromatic carbocycles. The van der Waals surface area contributed by atoms with Crippen LogP contribution in [-0.2, 0) is 53.6 Å². The van der Waals surface area contributed by atoms with E-state index in [2.05, 4.69) is 38.2 Å². The predicted molar refractivity (Wildman–Crippen MR) is 156 cm³/mol. The Morgan fingerprint density at radius 3 is 2.23 bits per heavy atom. The van der Waals surface area contributed by atoms with Crippen molar-refractivity contribution in [2.45, 2.75) is 85.7 Å². The van der Waals surface area contributed by atoms with Crippen molar-refractivity contribution in [3.8, 4) is 0 Å². The third-order valence-corrected chi connectivity index (χ3v) is 6.97. The maximum absolute atomic E-state index is 13.4. The van der Waals surface area contributed by atoms with E-state index in [1.54, 1.807) is 0 Å². The number of likely N-dealkylation sites (tertiary alicyclic amines) is 1. The molecule has 1 radical (unpaired) electrons. The van der Waals surface area contributed by atoms with E-state index in [0.29, 0.717) is 32.4 Å². The minimum absolute atomic E-state index is 0. The van der Waals surface area contributed by atoms with Crippen LogP contribution in [0.25, 0.3) is 0 Å². The van der Waals surface area contributed by atoms with Crippen molar-refractivity contribution >= 4 is 17.7 Å². The monoisotopic (exact) mass is 622 g/mol. The first kappa shape index (κ1) is 36.0. The molecule has 0 aromatic heterocycles. The van der Waals surface area contributed by atoms with E-state index in [4.69, 9.17) is 5.73 Å². The second kappa shape index (κ2) is 18.4. The van der Waals surface area contributed by atoms with Gasteiger partial charge in [0.2, 0.25) is 17.7 Å². The summed E-state index contributed by atoms with van der Waals surface area (Å²) in [5.41, 5.74) is 6.84. The van der Waals surface area contributed by atoms with E-state index in [1.165, 1.54) is 0 Å². The van der Waals surface area contributed by atoms with Crippen LogP contribution >= 0.6 is 0 Å². The second-order valence-corrected chi connectivity index (χ2v) is 12.2. The van der Waals surface area contributed by atoms with Crippen LogP contribution in [0.15, 0.2) is 54.6 Å². The summed E-state index contributed by atoms with van der Waals surface area (Å²) in [6.07, 6.45) is 4.31. The molecule has 1 aliphatic heterocycles. The number of nitrogens with zero attached hydrogens (tertiary/aromatic N) is 1. The molecule has 0 saturated carbocycles. The third kappa shape index (κ3) is 13.5. The van der Waals surface area contributed by atoms with Crippen LogP contribution < -0.4 is 11.1 Å². The maximum Gasteiger partial charge on any atom is 0.244 e. The van der Waals surface area contributed by atoms with Crippen molar-refractivity contribution in [2.75, 3.05) is 6.54 Å². The number of primary amides is 1. The molecule has 217 valence electrons. The van der Waals surface area contributed by atoms with Gasteiger partial charge in [-0.3, -0.25) is 14.4 Å². The quantitative estimate of drug-likeness (QED) is 0.340. The minimum atomic E-state index is -0.571. The van der Waals surface area contributed by atoms with Crippen molar-refractivity contribution < 1.29 is 47.1 Å². The fraction of sp³-hybridized carbons (Fsp3) is 0.545. The SMILES string of the molecule is CC(C)C[C@@H](C(=O)N[C@H]1CCCCN(Cc2c[c-]ccc2)C1=O)[C@H](CCC(C)(C)C)C(N)=O.[Y].[c-]1ccccc1. The summed E-state index contributed by atoms with van der Waals surface area (Å²) in [6.45, 7) is 11.6. The van der Waals surface area contributed by atoms with Gasteiger partial charge in [-0.25, -0.2) is 0 Å². The number of nitrogens with two attached hydrogens (primary N) is 1. The van der Waals surface area contributed by atoms with Gasteiger partial charge in [0, 0.05) is 57.6 Å². The number of rotatable bonds is 10. The van der Waals surface area contributed by atoms with Gasteiger partial charge in [0.15, 0.2) is 0 Å². The van der Waals surface area contributed by atoms with Gasteiger partial charge < -0.3 is 16.0 Å². The molecule has 1 saturated heterocycles. The zero-order chi connectivity index (χ0) is 28.8. The fourth-order valence-corrected chi connectivity index (χ4v) is 4.86. The van der Waals surface area contributed by atoms with Crippen LogP contribution in [0.2, 0.25) is 0 Å². The largest absolute Gasteiger partial charge is 0.369 e. The van der Waals surface area contributed by atoms with Gasteiger partial charge in [0.25, 0.3) is 0 Å². The van der Waals surface area contributed by atoms with E-state index in [1.807, 2.05) is 73.3 Å². The van der Waals surface area contributed by atoms with Gasteiger partial charge >= 0.3 is 0 Å². The standard InChI is InChI=1S/C27H42N3O3.C6H5.Y/c1-19(2)17-22(21(24(28)31)14-15-27(3,4)5)25(32)29-23-13-9-10-16-30(26(23)33)18-20-11-7-6-8-12-20;1-2-4-6-5-3-1;/h6-7,11-12,19,21-23H,9-10,13-18H2,1-5H3,(H2,28,31)(H,29,32);1-5H;/q2*-1;/t21-,22+,23-;;/m0../s1. The van der Waals surface area contributed by atoms with Gasteiger partial charge in [-0.1, -0.05) is 34.6 Å². The minimum Gasteiger partial charge on any atom is -0.369 e. The summed E-state index contributed by atoms with van der Waals surface area (Å²) < 4.78 is 0. The Labute approximate surface area is 267 Å². The Hall–Kier alpha value is -2.05. The normalized spacial score (nSPS) is 17.0. The molecule has 0 unspecified atom stereocenters. The molecule has 3 rings (SSSR count). The Morgan fingerprint density at radius 2 is 1.73 bits per heavy atom. The van der Waals surface area contributed by atoms with Crippen molar-refractivity contribution in [1.29, 1.82) is 0 Å². The van der Waals surface area contributed by atoms with E-state index in [9.17, 15) is 14.4 Å². The summed E-state index contributed by atoms with van der Waals surface area (Å²) >= 11 is 0. The van der Waals surface area contributed by atoms with Crippen LogP contribution in [0.1, 0.15) is 78.7 Å². The maximum atomic E-state index is 13.4. The Morgan fingerprint density at radius 1 is 1.05 bits per heavy atom. The van der Waals surface area contributed by atoms with E-state index < -0.39 is 23.8 Å². The van der Waals surface area contributed by atoms with Gasteiger partial charge in [0.05, 0.1) is 0 Å². The van der Waals surface area contributed by atoms with Crippen molar-refractivity contribution in [1.82, 2.24) is 10.2 Å². The first-order valence-electron chi connectivity index (χ1n) is 14.2. The molecule has 7 heteroatoms. The van der Waals surface area contributed by atoms with Gasteiger partial charge in [-0.15, -0.1) is 5.56 Å². The molecule has 2 aromatic rings. The molecule has 0 aliphatic carbocycles. The first-order valence-corrected chi connectivity index (χ1v) is 14.2. The zero-order valence-corrected chi connectivity index (χ0v) is 27.8. The molecule has 1 fully saturated rings. The fourth-order valence-electron chi connectivity index (χ4n) is 4.86. The second-order valence-electron chi connectivity index (χ2n) is 12.2. The summed E-state index contributed by atoms with van der Waals surface area (Å²) in [5.74, 6) is -1.56. The van der Waals surface area contributed by atoms with Gasteiger partial charge in [0.1, 0.15) is 6.04 Å². The summed E-state index contributed by atoms with van der Waals surface area (Å²) in [7, 11) is 0. The van der Waals surface area contributed by atoms with Gasteiger partial charge in [-0.2, -0.15) is 66.7 Å². The van der Waals surface area contributed by atoms with Crippen LogP contribution in [0.5, 0.6) is 0 Å². The number of hydrogen-bond donors (Lipinski definition) is 2. The van der Waals surface area contributed by atoms with Crippen LogP contribution in [0, 0.1) is 35.3 Å². The Balaban J connectivity index is 0.00000101. The number of carbonyl (C=O) groups is 3. The summed E-state index contributed by atoms with van der Waals surface area (Å²) in [6, 6.07) is 22.6. The van der Waals surface area contributed by atoms with Crippen molar-refractivity contribution in [3.63, 3.8) is 0 Å². The van der Waals surface area contributed by atoms with Crippen molar-refractivity contribution in [2.24, 2.45) is 28.9 Å². The van der Waals surface area contributed by atoms with E-state index in [0.717, 1.165) is 24.8 Å². The molecular formula is C33H47N3O3Y-2. The van der Waals surface area contributed by atoms with Crippen LogP contribution in [-0.4, -0.2) is 35.2 Å². The number of benzene rings is 2. The number of hydrogen-bond acceptors (Lipinski definition) is 3. The average molecular weight is 623 g/mol.